The quantitative estimate of drug-likeness (QED) is 0.694. The summed E-state index contributed by atoms with van der Waals surface area (Å²) in [6.07, 6.45) is 1.49. The van der Waals surface area contributed by atoms with Crippen molar-refractivity contribution in [3.05, 3.63) is 12.7 Å². The van der Waals surface area contributed by atoms with E-state index in [-0.39, 0.29) is 11.3 Å². The fourth-order valence-electron chi connectivity index (χ4n) is 2.22. The molecule has 1 aliphatic rings. The number of nitrogens with zero attached hydrogens (tertiary/aromatic N) is 2. The van der Waals surface area contributed by atoms with Gasteiger partial charge in [-0.2, -0.15) is 0 Å². The highest BCUT2D eigenvalue weighted by molar-refractivity contribution is 5.90. The van der Waals surface area contributed by atoms with Crippen LogP contribution in [0.2, 0.25) is 0 Å². The van der Waals surface area contributed by atoms with Gasteiger partial charge in [0.1, 0.15) is 11.2 Å². The molecule has 1 rings (SSSR count). The van der Waals surface area contributed by atoms with E-state index < -0.39 is 11.2 Å². The molecule has 1 amide bonds. The summed E-state index contributed by atoms with van der Waals surface area (Å²) in [6.45, 7) is 13.2. The molecule has 0 aromatic carbocycles. The molecule has 0 aromatic rings. The first-order chi connectivity index (χ1) is 7.03. The summed E-state index contributed by atoms with van der Waals surface area (Å²) in [5.74, 6) is -0.137. The van der Waals surface area contributed by atoms with Crippen LogP contribution in [0.25, 0.3) is 0 Å². The van der Waals surface area contributed by atoms with Crippen molar-refractivity contribution < 1.29 is 10.0 Å². The zero-order valence-electron chi connectivity index (χ0n) is 11.0. The standard InChI is InChI=1S/C12H22N2O2/c1-8-11(5)9(15)13(7)12(6,14(11)16)10(2,3)4/h8,16H,1H2,2-7H3/t11-,12-/m1/s1. The summed E-state index contributed by atoms with van der Waals surface area (Å²) >= 11 is 0. The highest BCUT2D eigenvalue weighted by Gasteiger charge is 2.62. The van der Waals surface area contributed by atoms with Gasteiger partial charge in [0.15, 0.2) is 0 Å². The highest BCUT2D eigenvalue weighted by Crippen LogP contribution is 2.46. The lowest BCUT2D eigenvalue weighted by atomic mass is 9.81. The fraction of sp³-hybridized carbons (Fsp3) is 0.750. The molecule has 0 unspecified atom stereocenters. The van der Waals surface area contributed by atoms with Gasteiger partial charge in [-0.15, -0.1) is 11.6 Å². The second kappa shape index (κ2) is 3.31. The molecule has 0 radical (unpaired) electrons. The number of hydrogen-bond acceptors (Lipinski definition) is 3. The predicted molar refractivity (Wildman–Crippen MR) is 62.9 cm³/mol. The Hall–Kier alpha value is -0.870. The lowest BCUT2D eigenvalue weighted by molar-refractivity contribution is -0.240. The van der Waals surface area contributed by atoms with Crippen molar-refractivity contribution in [2.75, 3.05) is 7.05 Å². The third kappa shape index (κ3) is 1.26. The van der Waals surface area contributed by atoms with Crippen LogP contribution in [-0.4, -0.2) is 39.3 Å². The SMILES string of the molecule is C=C[C@]1(C)C(=O)N(C)[C@@](C)(C(C)(C)C)N1O. The summed E-state index contributed by atoms with van der Waals surface area (Å²) in [6, 6.07) is 0. The third-order valence-electron chi connectivity index (χ3n) is 4.06. The average molecular weight is 226 g/mol. The van der Waals surface area contributed by atoms with Crippen LogP contribution in [0.3, 0.4) is 0 Å². The summed E-state index contributed by atoms with van der Waals surface area (Å²) in [5.41, 5.74) is -2.06. The second-order valence-electron chi connectivity index (χ2n) is 5.80. The lowest BCUT2D eigenvalue weighted by Gasteiger charge is -2.47. The van der Waals surface area contributed by atoms with Crippen LogP contribution in [0.1, 0.15) is 34.6 Å². The Balaban J connectivity index is 3.38. The van der Waals surface area contributed by atoms with Crippen molar-refractivity contribution in [1.29, 1.82) is 0 Å². The number of likely N-dealkylation sites (N-methyl/N-ethyl adjacent to an activating group) is 1. The topological polar surface area (TPSA) is 43.8 Å². The Morgan fingerprint density at radius 2 is 1.81 bits per heavy atom. The lowest BCUT2D eigenvalue weighted by Crippen LogP contribution is -2.59. The minimum absolute atomic E-state index is 0.137. The molecule has 2 atom stereocenters. The van der Waals surface area contributed by atoms with Crippen molar-refractivity contribution in [2.24, 2.45) is 5.41 Å². The van der Waals surface area contributed by atoms with Crippen molar-refractivity contribution in [3.8, 4) is 0 Å². The second-order valence-corrected chi connectivity index (χ2v) is 5.80. The molecule has 1 N–H and O–H groups in total. The van der Waals surface area contributed by atoms with E-state index >= 15 is 0 Å². The van der Waals surface area contributed by atoms with Crippen molar-refractivity contribution in [3.63, 3.8) is 0 Å². The number of hydrogen-bond donors (Lipinski definition) is 1. The van der Waals surface area contributed by atoms with Gasteiger partial charge in [0, 0.05) is 12.5 Å². The maximum atomic E-state index is 12.2. The van der Waals surface area contributed by atoms with Gasteiger partial charge in [0.25, 0.3) is 0 Å². The van der Waals surface area contributed by atoms with E-state index in [1.165, 1.54) is 6.08 Å². The minimum atomic E-state index is -1.04. The molecular weight excluding hydrogens is 204 g/mol. The number of carbonyl (C=O) groups is 1. The summed E-state index contributed by atoms with van der Waals surface area (Å²) in [5, 5.41) is 11.5. The molecule has 0 aliphatic carbocycles. The van der Waals surface area contributed by atoms with Crippen LogP contribution in [0, 0.1) is 5.41 Å². The molecule has 1 heterocycles. The molecule has 0 saturated carbocycles. The van der Waals surface area contributed by atoms with E-state index in [1.807, 2.05) is 27.7 Å². The predicted octanol–water partition coefficient (Wildman–Crippen LogP) is 1.86. The zero-order valence-corrected chi connectivity index (χ0v) is 11.0. The van der Waals surface area contributed by atoms with Crippen LogP contribution >= 0.6 is 0 Å². The van der Waals surface area contributed by atoms with Gasteiger partial charge >= 0.3 is 0 Å². The number of carbonyl (C=O) groups excluding carboxylic acids is 1. The molecule has 4 nitrogen and oxygen atoms in total. The Labute approximate surface area is 97.5 Å². The molecule has 1 saturated heterocycles. The molecule has 1 aliphatic heterocycles. The van der Waals surface area contributed by atoms with Crippen LogP contribution < -0.4 is 0 Å². The van der Waals surface area contributed by atoms with Crippen molar-refractivity contribution in [1.82, 2.24) is 9.96 Å². The van der Waals surface area contributed by atoms with E-state index in [1.54, 1.807) is 18.9 Å². The Morgan fingerprint density at radius 3 is 2.00 bits per heavy atom. The number of hydroxylamine groups is 2. The molecule has 0 aromatic heterocycles. The van der Waals surface area contributed by atoms with E-state index in [9.17, 15) is 10.0 Å². The molecule has 4 heteroatoms. The van der Waals surface area contributed by atoms with Gasteiger partial charge in [-0.05, 0) is 13.8 Å². The van der Waals surface area contributed by atoms with Crippen molar-refractivity contribution >= 4 is 5.91 Å². The van der Waals surface area contributed by atoms with Gasteiger partial charge in [-0.25, -0.2) is 0 Å². The van der Waals surface area contributed by atoms with Crippen molar-refractivity contribution in [2.45, 2.75) is 45.8 Å². The molecule has 0 bridgehead atoms. The molecule has 16 heavy (non-hydrogen) atoms. The van der Waals surface area contributed by atoms with E-state index in [0.29, 0.717) is 0 Å². The van der Waals surface area contributed by atoms with Crippen LogP contribution in [-0.2, 0) is 4.79 Å². The minimum Gasteiger partial charge on any atom is -0.323 e. The first-order valence-corrected chi connectivity index (χ1v) is 5.44. The molecule has 0 spiro atoms. The highest BCUT2D eigenvalue weighted by atomic mass is 16.5. The van der Waals surface area contributed by atoms with Gasteiger partial charge in [-0.1, -0.05) is 26.8 Å². The van der Waals surface area contributed by atoms with Crippen LogP contribution in [0.4, 0.5) is 0 Å². The van der Waals surface area contributed by atoms with E-state index in [0.717, 1.165) is 5.06 Å². The van der Waals surface area contributed by atoms with E-state index in [4.69, 9.17) is 0 Å². The van der Waals surface area contributed by atoms with E-state index in [2.05, 4.69) is 6.58 Å². The Kier molecular flexibility index (Phi) is 2.73. The normalized spacial score (nSPS) is 36.9. The Bertz CT molecular complexity index is 334. The van der Waals surface area contributed by atoms with Gasteiger partial charge in [0.05, 0.1) is 0 Å². The fourth-order valence-corrected chi connectivity index (χ4v) is 2.22. The first-order valence-electron chi connectivity index (χ1n) is 5.44. The molecule has 92 valence electrons. The smallest absolute Gasteiger partial charge is 0.250 e. The third-order valence-corrected chi connectivity index (χ3v) is 4.06. The summed E-state index contributed by atoms with van der Waals surface area (Å²) < 4.78 is 0. The monoisotopic (exact) mass is 226 g/mol. The van der Waals surface area contributed by atoms with Gasteiger partial charge in [0.2, 0.25) is 5.91 Å². The maximum Gasteiger partial charge on any atom is 0.250 e. The Morgan fingerprint density at radius 1 is 1.38 bits per heavy atom. The summed E-state index contributed by atoms with van der Waals surface area (Å²) in [7, 11) is 1.71. The first kappa shape index (κ1) is 13.2. The van der Waals surface area contributed by atoms with Gasteiger partial charge < -0.3 is 10.1 Å². The largest absolute Gasteiger partial charge is 0.323 e. The molecular formula is C12H22N2O2. The maximum absolute atomic E-state index is 12.2. The number of rotatable bonds is 1. The van der Waals surface area contributed by atoms with Gasteiger partial charge in [-0.3, -0.25) is 4.79 Å². The van der Waals surface area contributed by atoms with Crippen LogP contribution in [0.5, 0.6) is 0 Å². The van der Waals surface area contributed by atoms with Crippen LogP contribution in [0.15, 0.2) is 12.7 Å². The number of amides is 1. The zero-order chi connectivity index (χ0) is 12.9. The molecule has 1 fully saturated rings. The average Bonchev–Trinajstić information content (AvgIpc) is 2.32. The summed E-state index contributed by atoms with van der Waals surface area (Å²) in [4.78, 5) is 13.8.